The topological polar surface area (TPSA) is 106 Å². The molecule has 3 rings (SSSR count). The highest BCUT2D eigenvalue weighted by atomic mass is 32.2. The number of anilines is 1. The Labute approximate surface area is 119 Å². The first-order valence-corrected chi connectivity index (χ1v) is 7.15. The number of nitrogens with two attached hydrogens (primary N) is 1. The zero-order chi connectivity index (χ0) is 14.3. The van der Waals surface area contributed by atoms with E-state index in [2.05, 4.69) is 9.97 Å². The van der Waals surface area contributed by atoms with Gasteiger partial charge in [0.25, 0.3) is 0 Å². The third-order valence-electron chi connectivity index (χ3n) is 3.43. The summed E-state index contributed by atoms with van der Waals surface area (Å²) in [7, 11) is 1.57. The van der Waals surface area contributed by atoms with Crippen LogP contribution in [0.15, 0.2) is 18.6 Å². The van der Waals surface area contributed by atoms with Gasteiger partial charge in [-0.05, 0) is 6.07 Å². The Balaban J connectivity index is 1.97. The molecule has 0 radical (unpaired) electrons. The van der Waals surface area contributed by atoms with Crippen molar-refractivity contribution in [3.8, 4) is 0 Å². The minimum Gasteiger partial charge on any atom is -0.397 e. The number of pyridine rings is 1. The van der Waals surface area contributed by atoms with Gasteiger partial charge in [-0.3, -0.25) is 4.57 Å². The molecule has 0 aliphatic carbocycles. The van der Waals surface area contributed by atoms with Crippen LogP contribution in [0.5, 0.6) is 0 Å². The molecule has 108 valence electrons. The Morgan fingerprint density at radius 3 is 2.95 bits per heavy atom. The molecule has 20 heavy (non-hydrogen) atoms. The SMILES string of the molecule is COC[C@H]1S[C@@H](n2cnc3c(N)ccnc32)[C@@H](O)[C@@H]1O. The van der Waals surface area contributed by atoms with Crippen LogP contribution in [0, 0.1) is 0 Å². The lowest BCUT2D eigenvalue weighted by molar-refractivity contribution is 0.00767. The van der Waals surface area contributed by atoms with E-state index < -0.39 is 12.2 Å². The van der Waals surface area contributed by atoms with E-state index in [1.54, 1.807) is 30.3 Å². The summed E-state index contributed by atoms with van der Waals surface area (Å²) < 4.78 is 6.81. The van der Waals surface area contributed by atoms with Crippen LogP contribution in [0.4, 0.5) is 5.69 Å². The number of nitrogens with zero attached hydrogens (tertiary/aromatic N) is 3. The van der Waals surface area contributed by atoms with Gasteiger partial charge in [-0.2, -0.15) is 0 Å². The fourth-order valence-electron chi connectivity index (χ4n) is 2.40. The summed E-state index contributed by atoms with van der Waals surface area (Å²) in [5.74, 6) is 0. The largest absolute Gasteiger partial charge is 0.397 e. The average molecular weight is 296 g/mol. The first kappa shape index (κ1) is 13.6. The Bertz CT molecular complexity index is 620. The number of aliphatic hydroxyl groups is 2. The molecule has 0 bridgehead atoms. The molecule has 1 aliphatic rings. The maximum Gasteiger partial charge on any atom is 0.163 e. The van der Waals surface area contributed by atoms with Gasteiger partial charge in [-0.1, -0.05) is 0 Å². The van der Waals surface area contributed by atoms with E-state index in [1.807, 2.05) is 0 Å². The van der Waals surface area contributed by atoms with Crippen molar-refractivity contribution >= 4 is 28.6 Å². The Hall–Kier alpha value is -1.35. The zero-order valence-electron chi connectivity index (χ0n) is 10.9. The number of ether oxygens (including phenoxy) is 1. The van der Waals surface area contributed by atoms with Crippen molar-refractivity contribution in [1.82, 2.24) is 14.5 Å². The number of imidazole rings is 1. The molecule has 3 heterocycles. The maximum absolute atomic E-state index is 10.2. The number of thioether (sulfide) groups is 1. The highest BCUT2D eigenvalue weighted by molar-refractivity contribution is 8.00. The van der Waals surface area contributed by atoms with Crippen molar-refractivity contribution in [2.75, 3.05) is 19.5 Å². The number of rotatable bonds is 3. The van der Waals surface area contributed by atoms with E-state index in [0.29, 0.717) is 23.5 Å². The van der Waals surface area contributed by atoms with Crippen molar-refractivity contribution < 1.29 is 14.9 Å². The predicted octanol–water partition coefficient (Wildman–Crippen LogP) is -0.00430. The molecule has 8 heteroatoms. The number of aromatic nitrogens is 3. The van der Waals surface area contributed by atoms with Gasteiger partial charge < -0.3 is 20.7 Å². The van der Waals surface area contributed by atoms with Crippen LogP contribution in [0.3, 0.4) is 0 Å². The van der Waals surface area contributed by atoms with Crippen molar-refractivity contribution in [2.24, 2.45) is 0 Å². The molecular formula is C12H16N4O3S. The third kappa shape index (κ3) is 2.05. The van der Waals surface area contributed by atoms with Crippen LogP contribution in [-0.2, 0) is 4.74 Å². The summed E-state index contributed by atoms with van der Waals surface area (Å²) in [4.78, 5) is 8.49. The molecule has 0 aromatic carbocycles. The van der Waals surface area contributed by atoms with Crippen LogP contribution in [0.25, 0.3) is 11.2 Å². The molecule has 4 N–H and O–H groups in total. The second kappa shape index (κ2) is 5.21. The van der Waals surface area contributed by atoms with Gasteiger partial charge in [-0.15, -0.1) is 11.8 Å². The summed E-state index contributed by atoms with van der Waals surface area (Å²) in [5, 5.41) is 19.7. The van der Waals surface area contributed by atoms with Crippen LogP contribution in [0.2, 0.25) is 0 Å². The summed E-state index contributed by atoms with van der Waals surface area (Å²) in [6.45, 7) is 0.377. The first-order valence-electron chi connectivity index (χ1n) is 6.21. The van der Waals surface area contributed by atoms with Crippen LogP contribution in [0.1, 0.15) is 5.37 Å². The molecule has 0 spiro atoms. The molecular weight excluding hydrogens is 280 g/mol. The molecule has 0 amide bonds. The molecule has 7 nitrogen and oxygen atoms in total. The lowest BCUT2D eigenvalue weighted by atomic mass is 10.1. The van der Waals surface area contributed by atoms with E-state index in [1.165, 1.54) is 11.8 Å². The van der Waals surface area contributed by atoms with Gasteiger partial charge in [0.2, 0.25) is 0 Å². The molecule has 0 saturated carbocycles. The van der Waals surface area contributed by atoms with Gasteiger partial charge in [0.15, 0.2) is 5.65 Å². The number of hydrogen-bond acceptors (Lipinski definition) is 7. The van der Waals surface area contributed by atoms with Gasteiger partial charge in [-0.25, -0.2) is 9.97 Å². The van der Waals surface area contributed by atoms with Crippen LogP contribution < -0.4 is 5.73 Å². The minimum absolute atomic E-state index is 0.182. The molecule has 0 unspecified atom stereocenters. The van der Waals surface area contributed by atoms with Gasteiger partial charge in [0.1, 0.15) is 17.0 Å². The maximum atomic E-state index is 10.2. The van der Waals surface area contributed by atoms with Gasteiger partial charge in [0, 0.05) is 13.3 Å². The lowest BCUT2D eigenvalue weighted by Crippen LogP contribution is -2.33. The fourth-order valence-corrected chi connectivity index (χ4v) is 3.90. The van der Waals surface area contributed by atoms with Crippen LogP contribution in [-0.4, -0.2) is 55.9 Å². The first-order chi connectivity index (χ1) is 9.63. The van der Waals surface area contributed by atoms with E-state index in [0.717, 1.165) is 0 Å². The summed E-state index contributed by atoms with van der Waals surface area (Å²) in [5.41, 5.74) is 7.60. The number of nitrogen functional groups attached to an aromatic ring is 1. The molecule has 1 saturated heterocycles. The highest BCUT2D eigenvalue weighted by Gasteiger charge is 2.43. The minimum atomic E-state index is -0.902. The van der Waals surface area contributed by atoms with E-state index in [-0.39, 0.29) is 10.6 Å². The molecule has 2 aromatic rings. The van der Waals surface area contributed by atoms with Crippen molar-refractivity contribution in [3.05, 3.63) is 18.6 Å². The summed E-state index contributed by atoms with van der Waals surface area (Å²) in [6, 6.07) is 1.68. The molecule has 1 aliphatic heterocycles. The molecule has 2 aromatic heterocycles. The normalized spacial score (nSPS) is 30.1. The van der Waals surface area contributed by atoms with E-state index >= 15 is 0 Å². The Kier molecular flexibility index (Phi) is 3.55. The summed E-state index contributed by atoms with van der Waals surface area (Å²) in [6.07, 6.45) is 1.45. The predicted molar refractivity (Wildman–Crippen MR) is 76.2 cm³/mol. The third-order valence-corrected chi connectivity index (χ3v) is 4.98. The Morgan fingerprint density at radius 2 is 2.20 bits per heavy atom. The van der Waals surface area contributed by atoms with Gasteiger partial charge in [0.05, 0.1) is 30.0 Å². The number of hydrogen-bond donors (Lipinski definition) is 3. The van der Waals surface area contributed by atoms with E-state index in [4.69, 9.17) is 10.5 Å². The zero-order valence-corrected chi connectivity index (χ0v) is 11.7. The molecule has 1 fully saturated rings. The van der Waals surface area contributed by atoms with E-state index in [9.17, 15) is 10.2 Å². The average Bonchev–Trinajstić information content (AvgIpc) is 2.97. The molecule has 4 atom stereocenters. The Morgan fingerprint density at radius 1 is 1.40 bits per heavy atom. The van der Waals surface area contributed by atoms with Crippen molar-refractivity contribution in [3.63, 3.8) is 0 Å². The smallest absolute Gasteiger partial charge is 0.163 e. The van der Waals surface area contributed by atoms with Crippen LogP contribution >= 0.6 is 11.8 Å². The highest BCUT2D eigenvalue weighted by Crippen LogP contribution is 2.43. The number of fused-ring (bicyclic) bond motifs is 1. The lowest BCUT2D eigenvalue weighted by Gasteiger charge is -2.17. The van der Waals surface area contributed by atoms with Crippen molar-refractivity contribution in [2.45, 2.75) is 22.8 Å². The van der Waals surface area contributed by atoms with Gasteiger partial charge >= 0.3 is 0 Å². The monoisotopic (exact) mass is 296 g/mol. The number of aliphatic hydroxyl groups excluding tert-OH is 2. The van der Waals surface area contributed by atoms with Crippen molar-refractivity contribution in [1.29, 1.82) is 0 Å². The fraction of sp³-hybridized carbons (Fsp3) is 0.500. The second-order valence-electron chi connectivity index (χ2n) is 4.73. The second-order valence-corrected chi connectivity index (χ2v) is 6.09. The standard InChI is InChI=1S/C12H16N4O3S/c1-19-4-7-9(17)10(18)12(20-7)16-5-15-8-6(13)2-3-14-11(8)16/h2-3,5,7,9-10,12,17-18H,4H2,1H3,(H2,13,14)/t7-,9-,10+,12-/m1/s1. The summed E-state index contributed by atoms with van der Waals surface area (Å²) >= 11 is 1.45. The number of methoxy groups -OCH3 is 1. The quantitative estimate of drug-likeness (QED) is 0.731.